The number of amides is 1. The van der Waals surface area contributed by atoms with Crippen molar-refractivity contribution in [1.82, 2.24) is 14.5 Å². The van der Waals surface area contributed by atoms with Crippen LogP contribution < -0.4 is 11.1 Å². The Morgan fingerprint density at radius 3 is 2.70 bits per heavy atom. The zero-order chi connectivity index (χ0) is 14.9. The second kappa shape index (κ2) is 5.72. The van der Waals surface area contributed by atoms with Crippen LogP contribution in [-0.2, 0) is 14.8 Å². The zero-order valence-corrected chi connectivity index (χ0v) is 12.9. The van der Waals surface area contributed by atoms with Crippen LogP contribution in [0.15, 0.2) is 4.34 Å². The molecule has 0 unspecified atom stereocenters. The number of nitrogens with two attached hydrogens (primary N) is 1. The van der Waals surface area contributed by atoms with Gasteiger partial charge in [0.15, 0.2) is 0 Å². The highest BCUT2D eigenvalue weighted by Crippen LogP contribution is 2.29. The van der Waals surface area contributed by atoms with Crippen LogP contribution in [0.25, 0.3) is 0 Å². The van der Waals surface area contributed by atoms with E-state index in [2.05, 4.69) is 15.5 Å². The summed E-state index contributed by atoms with van der Waals surface area (Å²) in [6.45, 7) is 1.74. The third kappa shape index (κ3) is 3.32. The first-order chi connectivity index (χ1) is 9.29. The Balaban J connectivity index is 2.05. The molecule has 3 N–H and O–H groups in total. The van der Waals surface area contributed by atoms with Gasteiger partial charge in [0.2, 0.25) is 15.4 Å². The maximum Gasteiger partial charge on any atom is 0.272 e. The number of hydrogen-bond acceptors (Lipinski definition) is 7. The normalized spacial score (nSPS) is 22.6. The lowest BCUT2D eigenvalue weighted by Crippen LogP contribution is -2.43. The molecule has 8 nitrogen and oxygen atoms in total. The van der Waals surface area contributed by atoms with E-state index in [9.17, 15) is 13.2 Å². The van der Waals surface area contributed by atoms with Crippen molar-refractivity contribution in [3.05, 3.63) is 0 Å². The molecule has 0 spiro atoms. The van der Waals surface area contributed by atoms with Gasteiger partial charge in [0.1, 0.15) is 0 Å². The smallest absolute Gasteiger partial charge is 0.272 e. The van der Waals surface area contributed by atoms with Crippen molar-refractivity contribution in [2.45, 2.75) is 30.1 Å². The van der Waals surface area contributed by atoms with Crippen LogP contribution in [-0.4, -0.2) is 48.5 Å². The van der Waals surface area contributed by atoms with E-state index in [0.717, 1.165) is 24.2 Å². The van der Waals surface area contributed by atoms with E-state index in [1.165, 1.54) is 18.3 Å². The molecule has 0 atom stereocenters. The molecule has 1 aliphatic carbocycles. The van der Waals surface area contributed by atoms with Gasteiger partial charge in [-0.05, 0) is 18.8 Å². The maximum atomic E-state index is 12.3. The first-order valence-corrected chi connectivity index (χ1v) is 8.37. The van der Waals surface area contributed by atoms with Crippen LogP contribution in [0.2, 0.25) is 0 Å². The van der Waals surface area contributed by atoms with Gasteiger partial charge in [-0.2, -0.15) is 4.31 Å². The van der Waals surface area contributed by atoms with Crippen molar-refractivity contribution in [3.8, 4) is 0 Å². The number of hydrogen-bond donors (Lipinski definition) is 2. The van der Waals surface area contributed by atoms with Crippen molar-refractivity contribution in [3.63, 3.8) is 0 Å². The Bertz CT molecular complexity index is 594. The molecule has 1 amide bonds. The van der Waals surface area contributed by atoms with Crippen LogP contribution >= 0.6 is 11.3 Å². The van der Waals surface area contributed by atoms with Gasteiger partial charge >= 0.3 is 0 Å². The van der Waals surface area contributed by atoms with Crippen molar-refractivity contribution in [1.29, 1.82) is 0 Å². The minimum absolute atomic E-state index is 0.118. The van der Waals surface area contributed by atoms with E-state index in [1.807, 2.05) is 0 Å². The van der Waals surface area contributed by atoms with Crippen LogP contribution in [0.1, 0.15) is 19.8 Å². The van der Waals surface area contributed by atoms with E-state index in [4.69, 9.17) is 5.73 Å². The topological polar surface area (TPSA) is 118 Å². The second-order valence-electron chi connectivity index (χ2n) is 4.94. The molecule has 0 saturated heterocycles. The summed E-state index contributed by atoms with van der Waals surface area (Å²) < 4.78 is 25.7. The van der Waals surface area contributed by atoms with Gasteiger partial charge in [-0.3, -0.25) is 4.79 Å². The maximum absolute atomic E-state index is 12.3. The Labute approximate surface area is 121 Å². The van der Waals surface area contributed by atoms with Gasteiger partial charge < -0.3 is 11.1 Å². The van der Waals surface area contributed by atoms with Crippen molar-refractivity contribution < 1.29 is 13.2 Å². The van der Waals surface area contributed by atoms with Gasteiger partial charge in [0, 0.05) is 26.6 Å². The number of nitrogens with one attached hydrogen (secondary N) is 1. The number of sulfonamides is 1. The third-order valence-electron chi connectivity index (χ3n) is 3.11. The highest BCUT2D eigenvalue weighted by molar-refractivity contribution is 7.91. The molecule has 1 heterocycles. The fraction of sp³-hybridized carbons (Fsp3) is 0.700. The van der Waals surface area contributed by atoms with Crippen molar-refractivity contribution in [2.75, 3.05) is 18.9 Å². The number of carbonyl (C=O) groups is 1. The molecule has 1 aromatic rings. The predicted octanol–water partition coefficient (Wildman–Crippen LogP) is -0.146. The molecule has 10 heteroatoms. The molecule has 0 aromatic carbocycles. The summed E-state index contributed by atoms with van der Waals surface area (Å²) in [5, 5.41) is 9.86. The fourth-order valence-electron chi connectivity index (χ4n) is 2.05. The van der Waals surface area contributed by atoms with Gasteiger partial charge in [-0.25, -0.2) is 8.42 Å². The highest BCUT2D eigenvalue weighted by atomic mass is 32.2. The van der Waals surface area contributed by atoms with Gasteiger partial charge in [-0.1, -0.05) is 11.3 Å². The number of anilines is 1. The van der Waals surface area contributed by atoms with Gasteiger partial charge in [-0.15, -0.1) is 10.2 Å². The molecule has 20 heavy (non-hydrogen) atoms. The number of carbonyl (C=O) groups excluding carboxylic acids is 1. The molecule has 1 aromatic heterocycles. The lowest BCUT2D eigenvalue weighted by molar-refractivity contribution is -0.114. The Morgan fingerprint density at radius 1 is 1.50 bits per heavy atom. The van der Waals surface area contributed by atoms with Crippen LogP contribution in [0.5, 0.6) is 0 Å². The molecule has 0 aliphatic heterocycles. The minimum Gasteiger partial charge on any atom is -0.328 e. The van der Waals surface area contributed by atoms with E-state index < -0.39 is 10.0 Å². The summed E-state index contributed by atoms with van der Waals surface area (Å²) in [6.07, 6.45) is 1.68. The summed E-state index contributed by atoms with van der Waals surface area (Å²) in [5.41, 5.74) is 5.69. The summed E-state index contributed by atoms with van der Waals surface area (Å²) in [6, 6.07) is 0.184. The van der Waals surface area contributed by atoms with Crippen molar-refractivity contribution >= 4 is 32.4 Å². The van der Waals surface area contributed by atoms with E-state index in [0.29, 0.717) is 12.5 Å². The SMILES string of the molecule is CC(=O)Nc1nnc(S(=O)(=O)N(C)CC2CC(N)C2)s1. The molecule has 1 saturated carbocycles. The van der Waals surface area contributed by atoms with Gasteiger partial charge in [0.05, 0.1) is 0 Å². The summed E-state index contributed by atoms with van der Waals surface area (Å²) in [7, 11) is -2.14. The average molecular weight is 319 g/mol. The van der Waals surface area contributed by atoms with Crippen molar-refractivity contribution in [2.24, 2.45) is 11.7 Å². The lowest BCUT2D eigenvalue weighted by Gasteiger charge is -2.34. The Hall–Kier alpha value is -1.10. The molecule has 2 rings (SSSR count). The molecular formula is C10H17N5O3S2. The molecule has 112 valence electrons. The van der Waals surface area contributed by atoms with Gasteiger partial charge in [0.25, 0.3) is 10.0 Å². The van der Waals surface area contributed by atoms with E-state index >= 15 is 0 Å². The second-order valence-corrected chi connectivity index (χ2v) is 8.13. The fourth-order valence-corrected chi connectivity index (χ4v) is 4.43. The molecule has 0 radical (unpaired) electrons. The molecule has 0 bridgehead atoms. The minimum atomic E-state index is -3.66. The molecular weight excluding hydrogens is 302 g/mol. The number of nitrogens with zero attached hydrogens (tertiary/aromatic N) is 3. The van der Waals surface area contributed by atoms with E-state index in [-0.39, 0.29) is 21.4 Å². The van der Waals surface area contributed by atoms with Crippen LogP contribution in [0, 0.1) is 5.92 Å². The Morgan fingerprint density at radius 2 is 2.15 bits per heavy atom. The quantitative estimate of drug-likeness (QED) is 0.729. The molecule has 1 fully saturated rings. The Kier molecular flexibility index (Phi) is 4.37. The first-order valence-electron chi connectivity index (χ1n) is 6.12. The van der Waals surface area contributed by atoms with E-state index in [1.54, 1.807) is 0 Å². The highest BCUT2D eigenvalue weighted by Gasteiger charge is 2.32. The average Bonchev–Trinajstić information content (AvgIpc) is 2.75. The summed E-state index contributed by atoms with van der Waals surface area (Å²) in [5.74, 6) is -0.0191. The van der Waals surface area contributed by atoms with Crippen LogP contribution in [0.3, 0.4) is 0 Å². The lowest BCUT2D eigenvalue weighted by atomic mass is 9.81. The third-order valence-corrected chi connectivity index (χ3v) is 6.12. The zero-order valence-electron chi connectivity index (χ0n) is 11.2. The summed E-state index contributed by atoms with van der Waals surface area (Å²) in [4.78, 5) is 10.9. The van der Waals surface area contributed by atoms with Crippen LogP contribution in [0.4, 0.5) is 5.13 Å². The first kappa shape index (κ1) is 15.3. The predicted molar refractivity (Wildman–Crippen MR) is 74.7 cm³/mol. The number of rotatable bonds is 5. The monoisotopic (exact) mass is 319 g/mol. The summed E-state index contributed by atoms with van der Waals surface area (Å²) >= 11 is 0.841. The number of aromatic nitrogens is 2. The largest absolute Gasteiger partial charge is 0.328 e. The standard InChI is InChI=1S/C10H17N5O3S2/c1-6(16)12-9-13-14-10(19-9)20(17,18)15(2)5-7-3-8(11)4-7/h7-8H,3-5,11H2,1-2H3,(H,12,13,16). The molecule has 1 aliphatic rings.